The van der Waals surface area contributed by atoms with Crippen LogP contribution in [0.15, 0.2) is 66.3 Å². The second kappa shape index (κ2) is 9.36. The average Bonchev–Trinajstić information content (AvgIpc) is 3.26. The molecule has 0 atom stereocenters. The Balaban J connectivity index is 1.92. The van der Waals surface area contributed by atoms with E-state index in [1.165, 1.54) is 12.7 Å². The first-order valence-corrected chi connectivity index (χ1v) is 8.76. The predicted molar refractivity (Wildman–Crippen MR) is 106 cm³/mol. The van der Waals surface area contributed by atoms with Gasteiger partial charge >= 0.3 is 5.97 Å². The van der Waals surface area contributed by atoms with Crippen LogP contribution in [0, 0.1) is 0 Å². The number of benzene rings is 2. The van der Waals surface area contributed by atoms with Gasteiger partial charge < -0.3 is 19.5 Å². The van der Waals surface area contributed by atoms with Crippen molar-refractivity contribution in [1.29, 1.82) is 0 Å². The highest BCUT2D eigenvalue weighted by Gasteiger charge is 2.21. The average molecular weight is 395 g/mol. The minimum Gasteiger partial charge on any atom is -0.497 e. The number of aliphatic carboxylic acids is 1. The Morgan fingerprint density at radius 1 is 1.00 bits per heavy atom. The molecule has 0 fully saturated rings. The van der Waals surface area contributed by atoms with E-state index < -0.39 is 5.97 Å². The number of methoxy groups -OCH3 is 2. The molecule has 0 spiro atoms. The van der Waals surface area contributed by atoms with E-state index in [9.17, 15) is 9.90 Å². The van der Waals surface area contributed by atoms with E-state index in [0.717, 1.165) is 27.4 Å². The third-order valence-corrected chi connectivity index (χ3v) is 4.16. The normalized spacial score (nSPS) is 11.2. The van der Waals surface area contributed by atoms with Crippen molar-refractivity contribution in [3.63, 3.8) is 0 Å². The number of hydrogen-bond acceptors (Lipinski definition) is 6. The highest BCUT2D eigenvalue weighted by atomic mass is 16.5. The van der Waals surface area contributed by atoms with Crippen LogP contribution in [0.5, 0.6) is 11.5 Å². The summed E-state index contributed by atoms with van der Waals surface area (Å²) in [6.45, 7) is 0.658. The van der Waals surface area contributed by atoms with E-state index in [1.54, 1.807) is 19.1 Å². The number of nitrogens with zero attached hydrogens (tertiary/aromatic N) is 5. The van der Waals surface area contributed by atoms with Gasteiger partial charge in [0.1, 0.15) is 24.2 Å². The minimum absolute atomic E-state index is 0.151. The maximum absolute atomic E-state index is 12.0. The van der Waals surface area contributed by atoms with Crippen LogP contribution in [0.2, 0.25) is 0 Å². The van der Waals surface area contributed by atoms with Gasteiger partial charge in [-0.3, -0.25) is 0 Å². The summed E-state index contributed by atoms with van der Waals surface area (Å²) in [6, 6.07) is 14.9. The first-order chi connectivity index (χ1) is 14.1. The number of carboxylic acid groups (broad SMARTS) is 1. The fraction of sp³-hybridized carbons (Fsp3) is 0.200. The van der Waals surface area contributed by atoms with Crippen molar-refractivity contribution in [2.75, 3.05) is 14.2 Å². The van der Waals surface area contributed by atoms with Crippen LogP contribution in [0.1, 0.15) is 11.1 Å². The molecule has 1 heterocycles. The van der Waals surface area contributed by atoms with Gasteiger partial charge in [-0.05, 0) is 35.4 Å². The van der Waals surface area contributed by atoms with E-state index in [2.05, 4.69) is 15.2 Å². The fourth-order valence-corrected chi connectivity index (χ4v) is 2.70. The Morgan fingerprint density at radius 2 is 1.52 bits per heavy atom. The zero-order valence-corrected chi connectivity index (χ0v) is 16.1. The number of rotatable bonds is 7. The fourth-order valence-electron chi connectivity index (χ4n) is 2.70. The lowest BCUT2D eigenvalue weighted by atomic mass is 10.1. The monoisotopic (exact) mass is 395 g/mol. The van der Waals surface area contributed by atoms with E-state index in [1.807, 2.05) is 48.5 Å². The van der Waals surface area contributed by atoms with Gasteiger partial charge in [0.2, 0.25) is 5.84 Å². The van der Waals surface area contributed by atoms with Crippen LogP contribution < -0.4 is 9.47 Å². The van der Waals surface area contributed by atoms with Crippen LogP contribution in [0.25, 0.3) is 0 Å². The van der Waals surface area contributed by atoms with Crippen molar-refractivity contribution >= 4 is 11.8 Å². The molecule has 3 rings (SSSR count). The molecule has 150 valence electrons. The van der Waals surface area contributed by atoms with Crippen LogP contribution in [0.3, 0.4) is 0 Å². The van der Waals surface area contributed by atoms with Gasteiger partial charge in [-0.1, -0.05) is 24.3 Å². The third-order valence-electron chi connectivity index (χ3n) is 4.16. The number of carbonyl (C=O) groups is 1. The molecule has 0 unspecified atom stereocenters. The van der Waals surface area contributed by atoms with E-state index in [4.69, 9.17) is 9.47 Å². The van der Waals surface area contributed by atoms with Gasteiger partial charge in [0.05, 0.1) is 14.2 Å². The summed E-state index contributed by atoms with van der Waals surface area (Å²) in [5.41, 5.74) is 1.82. The van der Waals surface area contributed by atoms with Gasteiger partial charge in [0.25, 0.3) is 0 Å². The van der Waals surface area contributed by atoms with E-state index in [0.29, 0.717) is 13.1 Å². The van der Waals surface area contributed by atoms with Crippen LogP contribution >= 0.6 is 0 Å². The Bertz CT molecular complexity index is 904. The third kappa shape index (κ3) is 5.32. The second-order valence-electron chi connectivity index (χ2n) is 6.10. The van der Waals surface area contributed by atoms with Crippen LogP contribution in [-0.2, 0) is 17.9 Å². The molecule has 0 radical (unpaired) electrons. The molecule has 0 bridgehead atoms. The van der Waals surface area contributed by atoms with Crippen LogP contribution in [0.4, 0.5) is 0 Å². The molecule has 0 saturated heterocycles. The van der Waals surface area contributed by atoms with Crippen molar-refractivity contribution < 1.29 is 19.4 Å². The predicted octanol–water partition coefficient (Wildman–Crippen LogP) is 2.24. The van der Waals surface area contributed by atoms with Crippen molar-refractivity contribution in [2.24, 2.45) is 5.10 Å². The Hall–Kier alpha value is -3.88. The molecule has 29 heavy (non-hydrogen) atoms. The lowest BCUT2D eigenvalue weighted by molar-refractivity contribution is -0.130. The van der Waals surface area contributed by atoms with Gasteiger partial charge in [0, 0.05) is 13.1 Å². The number of amidine groups is 1. The topological polar surface area (TPSA) is 102 Å². The number of ether oxygens (including phenoxy) is 2. The Morgan fingerprint density at radius 3 is 1.90 bits per heavy atom. The quantitative estimate of drug-likeness (QED) is 0.483. The number of aromatic nitrogens is 3. The van der Waals surface area contributed by atoms with Crippen molar-refractivity contribution in [3.8, 4) is 11.5 Å². The molecule has 0 aliphatic carbocycles. The summed E-state index contributed by atoms with van der Waals surface area (Å²) in [7, 11) is 3.19. The van der Waals surface area contributed by atoms with Crippen molar-refractivity contribution in [1.82, 2.24) is 19.8 Å². The molecule has 9 heteroatoms. The summed E-state index contributed by atoms with van der Waals surface area (Å²) in [4.78, 5) is 18.6. The molecule has 0 saturated carbocycles. The zero-order chi connectivity index (χ0) is 20.6. The highest BCUT2D eigenvalue weighted by Crippen LogP contribution is 2.17. The first kappa shape index (κ1) is 19.9. The molecule has 1 aromatic heterocycles. The standard InChI is InChI=1S/C20H21N5O4/c1-28-17-7-3-15(4-8-17)11-24(12-16-5-9-18(29-2)10-6-16)19(20(26)27)23-25-14-21-13-22-25/h3-10,13-14H,11-12H2,1-2H3,(H,26,27)/b23-19+. The molecule has 2 aromatic carbocycles. The summed E-state index contributed by atoms with van der Waals surface area (Å²) in [5.74, 6) is 0.139. The van der Waals surface area contributed by atoms with Crippen molar-refractivity contribution in [2.45, 2.75) is 13.1 Å². The van der Waals surface area contributed by atoms with Crippen molar-refractivity contribution in [3.05, 3.63) is 72.3 Å². The largest absolute Gasteiger partial charge is 0.497 e. The summed E-state index contributed by atoms with van der Waals surface area (Å²) in [6.07, 6.45) is 2.63. The second-order valence-corrected chi connectivity index (χ2v) is 6.10. The maximum Gasteiger partial charge on any atom is 0.373 e. The lowest BCUT2D eigenvalue weighted by Gasteiger charge is -2.24. The maximum atomic E-state index is 12.0. The highest BCUT2D eigenvalue weighted by molar-refractivity contribution is 6.34. The lowest BCUT2D eigenvalue weighted by Crippen LogP contribution is -2.36. The number of hydrogen-bond donors (Lipinski definition) is 1. The molecule has 0 aliphatic heterocycles. The smallest absolute Gasteiger partial charge is 0.373 e. The molecule has 1 N–H and O–H groups in total. The molecular formula is C20H21N5O4. The SMILES string of the molecule is COc1ccc(CN(Cc2ccc(OC)cc2)/C(=N/n2cncn2)C(=O)O)cc1. The zero-order valence-electron chi connectivity index (χ0n) is 16.1. The first-order valence-electron chi connectivity index (χ1n) is 8.76. The molecule has 3 aromatic rings. The molecular weight excluding hydrogens is 374 g/mol. The van der Waals surface area contributed by atoms with Gasteiger partial charge in [-0.2, -0.15) is 0 Å². The summed E-state index contributed by atoms with van der Waals surface area (Å²) in [5, 5.41) is 17.8. The number of carboxylic acids is 1. The van der Waals surface area contributed by atoms with E-state index >= 15 is 0 Å². The van der Waals surface area contributed by atoms with Crippen LogP contribution in [-0.4, -0.2) is 50.9 Å². The summed E-state index contributed by atoms with van der Waals surface area (Å²) >= 11 is 0. The molecule has 0 aliphatic rings. The minimum atomic E-state index is -1.16. The van der Waals surface area contributed by atoms with E-state index in [-0.39, 0.29) is 5.84 Å². The molecule has 0 amide bonds. The Kier molecular flexibility index (Phi) is 6.41. The summed E-state index contributed by atoms with van der Waals surface area (Å²) < 4.78 is 10.4. The molecule has 9 nitrogen and oxygen atoms in total. The van der Waals surface area contributed by atoms with Gasteiger partial charge in [-0.25, -0.2) is 9.78 Å². The van der Waals surface area contributed by atoms with Gasteiger partial charge in [0.15, 0.2) is 0 Å². The Labute approximate surface area is 167 Å². The van der Waals surface area contributed by atoms with Gasteiger partial charge in [-0.15, -0.1) is 15.0 Å².